The minimum Gasteiger partial charge on any atom is -0.337 e. The predicted octanol–water partition coefficient (Wildman–Crippen LogP) is 4.33. The second-order valence-corrected chi connectivity index (χ2v) is 8.07. The van der Waals surface area contributed by atoms with Gasteiger partial charge in [0.1, 0.15) is 0 Å². The average molecular weight is 436 g/mol. The number of nitrogens with one attached hydrogen (secondary N) is 1. The van der Waals surface area contributed by atoms with Crippen molar-refractivity contribution in [3.63, 3.8) is 0 Å². The van der Waals surface area contributed by atoms with Gasteiger partial charge in [-0.05, 0) is 44.0 Å². The summed E-state index contributed by atoms with van der Waals surface area (Å²) in [6.45, 7) is 5.38. The molecular formula is C22H27Cl2N3O2. The van der Waals surface area contributed by atoms with Crippen molar-refractivity contribution in [1.82, 2.24) is 15.1 Å². The van der Waals surface area contributed by atoms with E-state index >= 15 is 0 Å². The Kier molecular flexibility index (Phi) is 8.43. The lowest BCUT2D eigenvalue weighted by Crippen LogP contribution is -2.56. The molecule has 3 atom stereocenters. The lowest BCUT2D eigenvalue weighted by Gasteiger charge is -2.42. The Morgan fingerprint density at radius 3 is 2.38 bits per heavy atom. The third kappa shape index (κ3) is 6.16. The molecule has 2 rings (SSSR count). The van der Waals surface area contributed by atoms with Crippen LogP contribution < -0.4 is 5.32 Å². The van der Waals surface area contributed by atoms with Crippen molar-refractivity contribution in [3.05, 3.63) is 46.5 Å². The smallest absolute Gasteiger partial charge is 0.318 e. The highest BCUT2D eigenvalue weighted by Gasteiger charge is 2.34. The molecule has 0 bridgehead atoms. The van der Waals surface area contributed by atoms with Crippen LogP contribution in [0.3, 0.4) is 0 Å². The fraction of sp³-hybridized carbons (Fsp3) is 0.455. The van der Waals surface area contributed by atoms with Crippen molar-refractivity contribution in [3.8, 4) is 11.8 Å². The predicted molar refractivity (Wildman–Crippen MR) is 118 cm³/mol. The van der Waals surface area contributed by atoms with Gasteiger partial charge in [0.2, 0.25) is 5.91 Å². The molecule has 1 fully saturated rings. The highest BCUT2D eigenvalue weighted by atomic mass is 35.5. The Bertz CT molecular complexity index is 831. The first-order valence-corrected chi connectivity index (χ1v) is 10.4. The Morgan fingerprint density at radius 1 is 1.17 bits per heavy atom. The Balaban J connectivity index is 2.03. The molecule has 0 radical (unpaired) electrons. The first-order chi connectivity index (χ1) is 13.7. The summed E-state index contributed by atoms with van der Waals surface area (Å²) < 4.78 is 0. The van der Waals surface area contributed by atoms with Crippen molar-refractivity contribution in [2.75, 3.05) is 14.1 Å². The number of rotatable bonds is 4. The summed E-state index contributed by atoms with van der Waals surface area (Å²) in [6, 6.07) is 4.52. The molecule has 0 aliphatic heterocycles. The molecule has 0 spiro atoms. The van der Waals surface area contributed by atoms with Crippen molar-refractivity contribution >= 4 is 35.1 Å². The standard InChI is InChI=1S/C22H27Cl2N3O2/c1-5-21(28)26(3)19-8-6-7-9-20(19)27(4)22(29)25-15(2)10-11-16-12-13-17(23)18(24)14-16/h5,12-15,19-20H,1,6-9H2,2-4H3,(H,25,29)/t15?,19-,20-/m0/s1. The van der Waals surface area contributed by atoms with E-state index in [1.54, 1.807) is 42.1 Å². The third-order valence-corrected chi connectivity index (χ3v) is 5.96. The number of carbonyl (C=O) groups excluding carboxylic acids is 2. The van der Waals surface area contributed by atoms with Crippen LogP contribution in [-0.2, 0) is 4.79 Å². The average Bonchev–Trinajstić information content (AvgIpc) is 2.72. The fourth-order valence-corrected chi connectivity index (χ4v) is 3.84. The Morgan fingerprint density at radius 2 is 1.79 bits per heavy atom. The molecule has 29 heavy (non-hydrogen) atoms. The van der Waals surface area contributed by atoms with Gasteiger partial charge in [-0.2, -0.15) is 0 Å². The second-order valence-electron chi connectivity index (χ2n) is 7.25. The summed E-state index contributed by atoms with van der Waals surface area (Å²) >= 11 is 11.9. The molecule has 0 heterocycles. The van der Waals surface area contributed by atoms with Gasteiger partial charge in [-0.15, -0.1) is 0 Å². The molecule has 7 heteroatoms. The fourth-order valence-electron chi connectivity index (χ4n) is 3.54. The van der Waals surface area contributed by atoms with E-state index in [4.69, 9.17) is 23.2 Å². The summed E-state index contributed by atoms with van der Waals surface area (Å²) in [7, 11) is 3.54. The molecule has 0 aromatic heterocycles. The highest BCUT2D eigenvalue weighted by Crippen LogP contribution is 2.26. The largest absolute Gasteiger partial charge is 0.337 e. The molecule has 1 aromatic carbocycles. The molecule has 1 unspecified atom stereocenters. The van der Waals surface area contributed by atoms with Crippen LogP contribution in [0.2, 0.25) is 10.0 Å². The van der Waals surface area contributed by atoms with Crippen molar-refractivity contribution in [2.24, 2.45) is 0 Å². The number of nitrogens with zero attached hydrogens (tertiary/aromatic N) is 2. The zero-order chi connectivity index (χ0) is 21.6. The second kappa shape index (κ2) is 10.6. The maximum atomic E-state index is 12.8. The van der Waals surface area contributed by atoms with E-state index in [2.05, 4.69) is 23.7 Å². The number of carbonyl (C=O) groups is 2. The van der Waals surface area contributed by atoms with Gasteiger partial charge in [0.15, 0.2) is 0 Å². The summed E-state index contributed by atoms with van der Waals surface area (Å²) in [4.78, 5) is 28.2. The molecular weight excluding hydrogens is 409 g/mol. The van der Waals surface area contributed by atoms with Crippen LogP contribution in [0.5, 0.6) is 0 Å². The van der Waals surface area contributed by atoms with E-state index < -0.39 is 0 Å². The van der Waals surface area contributed by atoms with Crippen LogP contribution in [0.25, 0.3) is 0 Å². The summed E-state index contributed by atoms with van der Waals surface area (Å²) in [5.74, 6) is 5.87. The lowest BCUT2D eigenvalue weighted by atomic mass is 9.88. The van der Waals surface area contributed by atoms with Crippen molar-refractivity contribution in [1.29, 1.82) is 0 Å². The topological polar surface area (TPSA) is 52.7 Å². The minimum atomic E-state index is -0.353. The monoisotopic (exact) mass is 435 g/mol. The zero-order valence-electron chi connectivity index (χ0n) is 17.0. The maximum absolute atomic E-state index is 12.8. The highest BCUT2D eigenvalue weighted by molar-refractivity contribution is 6.42. The lowest BCUT2D eigenvalue weighted by molar-refractivity contribution is -0.128. The van der Waals surface area contributed by atoms with E-state index in [1.807, 2.05) is 6.92 Å². The van der Waals surface area contributed by atoms with Gasteiger partial charge in [-0.25, -0.2) is 4.79 Å². The molecule has 1 aliphatic carbocycles. The molecule has 0 saturated heterocycles. The van der Waals surface area contributed by atoms with Gasteiger partial charge in [-0.1, -0.05) is 54.5 Å². The zero-order valence-corrected chi connectivity index (χ0v) is 18.6. The van der Waals surface area contributed by atoms with Crippen LogP contribution in [0.4, 0.5) is 4.79 Å². The van der Waals surface area contributed by atoms with E-state index in [0.717, 1.165) is 31.2 Å². The van der Waals surface area contributed by atoms with Crippen molar-refractivity contribution in [2.45, 2.75) is 50.7 Å². The quantitative estimate of drug-likeness (QED) is 0.564. The van der Waals surface area contributed by atoms with Crippen LogP contribution in [0, 0.1) is 11.8 Å². The number of likely N-dealkylation sites (N-methyl/N-ethyl adjacent to an activating group) is 2. The molecule has 156 valence electrons. The molecule has 1 aromatic rings. The van der Waals surface area contributed by atoms with E-state index in [-0.39, 0.29) is 30.1 Å². The Labute approximate surface area is 183 Å². The number of amides is 3. The first-order valence-electron chi connectivity index (χ1n) is 9.63. The molecule has 1 N–H and O–H groups in total. The molecule has 1 saturated carbocycles. The Hall–Kier alpha value is -2.16. The molecule has 1 aliphatic rings. The van der Waals surface area contributed by atoms with Crippen LogP contribution in [-0.4, -0.2) is 54.0 Å². The SMILES string of the molecule is C=CC(=O)N(C)[C@H]1CCCC[C@@H]1N(C)C(=O)NC(C)C#Cc1ccc(Cl)c(Cl)c1. The number of hydrogen-bond acceptors (Lipinski definition) is 2. The third-order valence-electron chi connectivity index (χ3n) is 5.22. The summed E-state index contributed by atoms with van der Waals surface area (Å²) in [5, 5.41) is 3.82. The number of urea groups is 1. The van der Waals surface area contributed by atoms with Gasteiger partial charge < -0.3 is 15.1 Å². The van der Waals surface area contributed by atoms with Gasteiger partial charge in [0, 0.05) is 19.7 Å². The van der Waals surface area contributed by atoms with E-state index in [9.17, 15) is 9.59 Å². The first kappa shape index (κ1) is 23.1. The minimum absolute atomic E-state index is 0.0254. The normalized spacial score (nSPS) is 19.3. The summed E-state index contributed by atoms with van der Waals surface area (Å²) in [5.41, 5.74) is 0.728. The number of hydrogen-bond donors (Lipinski definition) is 1. The molecule has 3 amide bonds. The summed E-state index contributed by atoms with van der Waals surface area (Å²) in [6.07, 6.45) is 5.10. The van der Waals surface area contributed by atoms with Crippen LogP contribution in [0.1, 0.15) is 38.2 Å². The van der Waals surface area contributed by atoms with Crippen LogP contribution in [0.15, 0.2) is 30.9 Å². The van der Waals surface area contributed by atoms with E-state index in [1.165, 1.54) is 6.08 Å². The van der Waals surface area contributed by atoms with Gasteiger partial charge in [-0.3, -0.25) is 4.79 Å². The van der Waals surface area contributed by atoms with Crippen LogP contribution >= 0.6 is 23.2 Å². The maximum Gasteiger partial charge on any atom is 0.318 e. The number of benzene rings is 1. The van der Waals surface area contributed by atoms with Gasteiger partial charge in [0.05, 0.1) is 28.2 Å². The molecule has 5 nitrogen and oxygen atoms in total. The van der Waals surface area contributed by atoms with Gasteiger partial charge >= 0.3 is 6.03 Å². The van der Waals surface area contributed by atoms with Gasteiger partial charge in [0.25, 0.3) is 0 Å². The van der Waals surface area contributed by atoms with Crippen molar-refractivity contribution < 1.29 is 9.59 Å². The van der Waals surface area contributed by atoms with E-state index in [0.29, 0.717) is 10.0 Å². The number of halogens is 2.